The maximum absolute atomic E-state index is 12.9. The molecule has 0 unspecified atom stereocenters. The summed E-state index contributed by atoms with van der Waals surface area (Å²) < 4.78 is 27.4. The Morgan fingerprint density at radius 3 is 2.65 bits per heavy atom. The molecule has 112 valence electrons. The van der Waals surface area contributed by atoms with Crippen molar-refractivity contribution in [2.45, 2.75) is 50.0 Å². The minimum Gasteiger partial charge on any atom is -0.372 e. The number of hydrogen-bond donors (Lipinski definition) is 1. The van der Waals surface area contributed by atoms with Crippen LogP contribution in [-0.2, 0) is 10.0 Å². The first-order chi connectivity index (χ1) is 9.61. The second-order valence-corrected chi connectivity index (χ2v) is 6.96. The molecule has 0 aromatic carbocycles. The topological polar surface area (TPSA) is 62.3 Å². The summed E-state index contributed by atoms with van der Waals surface area (Å²) in [6.07, 6.45) is 6.96. The van der Waals surface area contributed by atoms with Gasteiger partial charge in [0.2, 0.25) is 10.0 Å². The first kappa shape index (κ1) is 15.3. The number of anilines is 1. The van der Waals surface area contributed by atoms with Crippen molar-refractivity contribution in [2.24, 2.45) is 0 Å². The number of rotatable bonds is 5. The molecule has 0 bridgehead atoms. The van der Waals surface area contributed by atoms with Gasteiger partial charge in [0.1, 0.15) is 10.7 Å². The lowest BCUT2D eigenvalue weighted by Gasteiger charge is -2.32. The van der Waals surface area contributed by atoms with Crippen LogP contribution in [0.25, 0.3) is 0 Å². The predicted octanol–water partition coefficient (Wildman–Crippen LogP) is 2.47. The standard InChI is InChI=1S/C14H23N3O2S/c1-3-17(12-8-5-4-6-9-12)20(18,19)13-10-7-11-16-14(13)15-2/h7,10-12H,3-6,8-9H2,1-2H3,(H,15,16). The van der Waals surface area contributed by atoms with E-state index < -0.39 is 10.0 Å². The number of sulfonamides is 1. The largest absolute Gasteiger partial charge is 0.372 e. The van der Waals surface area contributed by atoms with E-state index in [1.165, 1.54) is 6.42 Å². The quantitative estimate of drug-likeness (QED) is 0.907. The van der Waals surface area contributed by atoms with Crippen LogP contribution in [0.2, 0.25) is 0 Å². The molecular formula is C14H23N3O2S. The van der Waals surface area contributed by atoms with Gasteiger partial charge in [-0.25, -0.2) is 13.4 Å². The van der Waals surface area contributed by atoms with E-state index in [0.717, 1.165) is 25.7 Å². The normalized spacial score (nSPS) is 17.4. The van der Waals surface area contributed by atoms with Crippen LogP contribution >= 0.6 is 0 Å². The molecular weight excluding hydrogens is 274 g/mol. The molecule has 1 aliphatic carbocycles. The van der Waals surface area contributed by atoms with Crippen molar-refractivity contribution in [3.05, 3.63) is 18.3 Å². The highest BCUT2D eigenvalue weighted by atomic mass is 32.2. The molecule has 0 radical (unpaired) electrons. The van der Waals surface area contributed by atoms with E-state index in [4.69, 9.17) is 0 Å². The molecule has 2 rings (SSSR count). The van der Waals surface area contributed by atoms with Gasteiger partial charge in [-0.3, -0.25) is 0 Å². The van der Waals surface area contributed by atoms with Crippen LogP contribution in [0.1, 0.15) is 39.0 Å². The number of nitrogens with zero attached hydrogens (tertiary/aromatic N) is 2. The van der Waals surface area contributed by atoms with Gasteiger partial charge in [-0.15, -0.1) is 0 Å². The molecule has 1 aliphatic rings. The molecule has 0 amide bonds. The minimum absolute atomic E-state index is 0.128. The fraction of sp³-hybridized carbons (Fsp3) is 0.643. The van der Waals surface area contributed by atoms with E-state index in [1.807, 2.05) is 6.92 Å². The minimum atomic E-state index is -3.49. The van der Waals surface area contributed by atoms with Crippen LogP contribution in [0.4, 0.5) is 5.82 Å². The Morgan fingerprint density at radius 2 is 2.05 bits per heavy atom. The second kappa shape index (κ2) is 6.54. The van der Waals surface area contributed by atoms with E-state index in [-0.39, 0.29) is 10.9 Å². The molecule has 0 atom stereocenters. The maximum Gasteiger partial charge on any atom is 0.246 e. The average Bonchev–Trinajstić information content (AvgIpc) is 2.48. The summed E-state index contributed by atoms with van der Waals surface area (Å²) in [4.78, 5) is 4.38. The van der Waals surface area contributed by atoms with Gasteiger partial charge < -0.3 is 5.32 Å². The molecule has 1 N–H and O–H groups in total. The lowest BCUT2D eigenvalue weighted by molar-refractivity contribution is 0.261. The van der Waals surface area contributed by atoms with Crippen LogP contribution in [0, 0.1) is 0 Å². The first-order valence-corrected chi connectivity index (χ1v) is 8.70. The van der Waals surface area contributed by atoms with Crippen molar-refractivity contribution >= 4 is 15.8 Å². The van der Waals surface area contributed by atoms with Gasteiger partial charge in [0.05, 0.1) is 0 Å². The van der Waals surface area contributed by atoms with E-state index >= 15 is 0 Å². The zero-order valence-corrected chi connectivity index (χ0v) is 13.0. The van der Waals surface area contributed by atoms with Crippen LogP contribution in [0.15, 0.2) is 23.2 Å². The first-order valence-electron chi connectivity index (χ1n) is 7.26. The molecule has 6 heteroatoms. The van der Waals surface area contributed by atoms with Crippen LogP contribution in [0.5, 0.6) is 0 Å². The summed E-state index contributed by atoms with van der Waals surface area (Å²) in [5, 5.41) is 2.87. The van der Waals surface area contributed by atoms with E-state index in [9.17, 15) is 8.42 Å². The molecule has 0 spiro atoms. The predicted molar refractivity (Wildman–Crippen MR) is 80.2 cm³/mol. The summed E-state index contributed by atoms with van der Waals surface area (Å²) >= 11 is 0. The Labute approximate surface area is 121 Å². The molecule has 20 heavy (non-hydrogen) atoms. The third-order valence-electron chi connectivity index (χ3n) is 3.89. The van der Waals surface area contributed by atoms with Gasteiger partial charge in [-0.05, 0) is 25.0 Å². The summed E-state index contributed by atoms with van der Waals surface area (Å²) in [5.41, 5.74) is 0. The van der Waals surface area contributed by atoms with Gasteiger partial charge in [-0.2, -0.15) is 4.31 Å². The summed E-state index contributed by atoms with van der Waals surface area (Å²) in [7, 11) is -1.79. The lowest BCUT2D eigenvalue weighted by atomic mass is 9.95. The molecule has 1 saturated carbocycles. The maximum atomic E-state index is 12.9. The summed E-state index contributed by atoms with van der Waals surface area (Å²) in [6.45, 7) is 2.41. The van der Waals surface area contributed by atoms with Crippen molar-refractivity contribution in [2.75, 3.05) is 18.9 Å². The number of hydrogen-bond acceptors (Lipinski definition) is 4. The van der Waals surface area contributed by atoms with Gasteiger partial charge in [0.25, 0.3) is 0 Å². The molecule has 1 aromatic rings. The van der Waals surface area contributed by atoms with Crippen LogP contribution in [0.3, 0.4) is 0 Å². The number of nitrogens with one attached hydrogen (secondary N) is 1. The van der Waals surface area contributed by atoms with Gasteiger partial charge >= 0.3 is 0 Å². The monoisotopic (exact) mass is 297 g/mol. The lowest BCUT2D eigenvalue weighted by Crippen LogP contribution is -2.41. The van der Waals surface area contributed by atoms with E-state index in [0.29, 0.717) is 12.4 Å². The van der Waals surface area contributed by atoms with E-state index in [2.05, 4.69) is 10.3 Å². The zero-order chi connectivity index (χ0) is 14.6. The second-order valence-electron chi connectivity index (χ2n) is 5.10. The smallest absolute Gasteiger partial charge is 0.246 e. The third-order valence-corrected chi connectivity index (χ3v) is 5.95. The number of aromatic nitrogens is 1. The van der Waals surface area contributed by atoms with Crippen LogP contribution < -0.4 is 5.32 Å². The molecule has 5 nitrogen and oxygen atoms in total. The molecule has 1 aromatic heterocycles. The van der Waals surface area contributed by atoms with Gasteiger partial charge in [0.15, 0.2) is 0 Å². The highest BCUT2D eigenvalue weighted by molar-refractivity contribution is 7.89. The highest BCUT2D eigenvalue weighted by Gasteiger charge is 2.32. The molecule has 1 fully saturated rings. The van der Waals surface area contributed by atoms with Crippen molar-refractivity contribution in [3.63, 3.8) is 0 Å². The Kier molecular flexibility index (Phi) is 4.99. The molecule has 1 heterocycles. The summed E-state index contributed by atoms with van der Waals surface area (Å²) in [6, 6.07) is 3.42. The molecule has 0 saturated heterocycles. The van der Waals surface area contributed by atoms with Crippen molar-refractivity contribution < 1.29 is 8.42 Å². The average molecular weight is 297 g/mol. The van der Waals surface area contributed by atoms with Crippen molar-refractivity contribution in [3.8, 4) is 0 Å². The van der Waals surface area contributed by atoms with Crippen LogP contribution in [-0.4, -0.2) is 37.3 Å². The Bertz CT molecular complexity index is 539. The van der Waals surface area contributed by atoms with Gasteiger partial charge in [-0.1, -0.05) is 26.2 Å². The van der Waals surface area contributed by atoms with Gasteiger partial charge in [0, 0.05) is 25.8 Å². The fourth-order valence-electron chi connectivity index (χ4n) is 2.91. The summed E-state index contributed by atoms with van der Waals surface area (Å²) in [5.74, 6) is 0.418. The van der Waals surface area contributed by atoms with Crippen molar-refractivity contribution in [1.82, 2.24) is 9.29 Å². The highest BCUT2D eigenvalue weighted by Crippen LogP contribution is 2.29. The zero-order valence-electron chi connectivity index (χ0n) is 12.2. The fourth-order valence-corrected chi connectivity index (χ4v) is 4.75. The van der Waals surface area contributed by atoms with E-state index in [1.54, 1.807) is 29.7 Å². The Morgan fingerprint density at radius 1 is 1.35 bits per heavy atom. The van der Waals surface area contributed by atoms with Crippen molar-refractivity contribution in [1.29, 1.82) is 0 Å². The Hall–Kier alpha value is -1.14. The SMILES string of the molecule is CCN(C1CCCCC1)S(=O)(=O)c1cccnc1NC. The molecule has 0 aliphatic heterocycles. The third kappa shape index (κ3) is 2.96. The Balaban J connectivity index is 2.35. The number of pyridine rings is 1.